The van der Waals surface area contributed by atoms with Crippen molar-refractivity contribution in [1.29, 1.82) is 0 Å². The van der Waals surface area contributed by atoms with Crippen LogP contribution in [0.2, 0.25) is 0 Å². The molecule has 0 aliphatic rings. The molecule has 0 fully saturated rings. The average molecular weight is 1090 g/mol. The molecule has 0 bridgehead atoms. The molecule has 6 aromatic rings. The first-order valence-electron chi connectivity index (χ1n) is 26.0. The van der Waals surface area contributed by atoms with Gasteiger partial charge in [0.25, 0.3) is 11.1 Å². The number of alkyl halides is 6. The van der Waals surface area contributed by atoms with Crippen molar-refractivity contribution in [3.63, 3.8) is 0 Å². The van der Waals surface area contributed by atoms with Crippen LogP contribution in [-0.4, -0.2) is 11.1 Å². The molecular weight excluding hydrogens is 1010 g/mol. The lowest BCUT2D eigenvalue weighted by atomic mass is 9.91. The first-order valence-corrected chi connectivity index (χ1v) is 26.4. The summed E-state index contributed by atoms with van der Waals surface area (Å²) in [5, 5.41) is 1.55. The Balaban J connectivity index is 0.000000493. The highest BCUT2D eigenvalue weighted by Crippen LogP contribution is 2.35. The Morgan fingerprint density at radius 2 is 0.818 bits per heavy atom. The zero-order valence-corrected chi connectivity index (χ0v) is 47.5. The molecule has 420 valence electrons. The molecule has 0 spiro atoms. The molecule has 0 heterocycles. The molecule has 7 N–H and O–H groups in total. The Morgan fingerprint density at radius 1 is 0.481 bits per heavy atom. The van der Waals surface area contributed by atoms with Crippen molar-refractivity contribution < 1.29 is 35.9 Å². The van der Waals surface area contributed by atoms with Crippen LogP contribution in [0.1, 0.15) is 168 Å². The number of rotatable bonds is 14. The van der Waals surface area contributed by atoms with E-state index in [1.807, 2.05) is 72.8 Å². The maximum Gasteiger partial charge on any atom is 0.417 e. The molecule has 0 aliphatic carbocycles. The second kappa shape index (κ2) is 35.0. The number of anilines is 4. The SMILES string of the molecule is C=CCC(C)C.CC(C)CC(C)c1ccccc1N.CC(C)CC(C)c1ccccc1N.CC(C)CC(C)c1ccccc1NC(=O)c1ccccc1C(F)(F)F.Nc1ccccc1.O=C(Cl)c1ccccc1C(F)(F)F. The smallest absolute Gasteiger partial charge is 0.399 e. The fourth-order valence-corrected chi connectivity index (χ4v) is 8.43. The summed E-state index contributed by atoms with van der Waals surface area (Å²) in [6.07, 6.45) is -2.70. The van der Waals surface area contributed by atoms with Crippen LogP contribution in [-0.2, 0) is 12.4 Å². The number of amides is 1. The van der Waals surface area contributed by atoms with E-state index in [9.17, 15) is 35.9 Å². The number of nitrogens with two attached hydrogens (primary N) is 3. The summed E-state index contributed by atoms with van der Waals surface area (Å²) in [7, 11) is 0. The van der Waals surface area contributed by atoms with Crippen molar-refractivity contribution in [2.75, 3.05) is 22.5 Å². The molecule has 0 radical (unpaired) electrons. The highest BCUT2D eigenvalue weighted by molar-refractivity contribution is 6.67. The number of allylic oxidation sites excluding steroid dienone is 1. The molecule has 0 aromatic heterocycles. The van der Waals surface area contributed by atoms with Gasteiger partial charge in [-0.25, -0.2) is 0 Å². The van der Waals surface area contributed by atoms with E-state index in [-0.39, 0.29) is 11.5 Å². The first-order chi connectivity index (χ1) is 36.0. The zero-order valence-electron chi connectivity index (χ0n) is 46.8. The van der Waals surface area contributed by atoms with Crippen LogP contribution in [0.5, 0.6) is 0 Å². The van der Waals surface area contributed by atoms with Gasteiger partial charge in [-0.2, -0.15) is 26.3 Å². The van der Waals surface area contributed by atoms with E-state index < -0.39 is 40.2 Å². The maximum absolute atomic E-state index is 13.1. The van der Waals surface area contributed by atoms with Crippen molar-refractivity contribution in [1.82, 2.24) is 0 Å². The lowest BCUT2D eigenvalue weighted by molar-refractivity contribution is -0.138. The van der Waals surface area contributed by atoms with Gasteiger partial charge < -0.3 is 22.5 Å². The van der Waals surface area contributed by atoms with Crippen LogP contribution in [0.15, 0.2) is 164 Å². The van der Waals surface area contributed by atoms with Gasteiger partial charge in [0, 0.05) is 28.3 Å². The number of carbonyl (C=O) groups is 2. The second-order valence-corrected chi connectivity index (χ2v) is 20.9. The van der Waals surface area contributed by atoms with Crippen LogP contribution in [0.4, 0.5) is 49.1 Å². The quantitative estimate of drug-likeness (QED) is 0.0374. The van der Waals surface area contributed by atoms with E-state index in [0.29, 0.717) is 23.4 Å². The molecule has 6 nitrogen and oxygen atoms in total. The average Bonchev–Trinajstić information content (AvgIpc) is 3.34. The zero-order chi connectivity index (χ0) is 58.5. The molecular formula is C64H83ClF6N4O2. The van der Waals surface area contributed by atoms with Gasteiger partial charge in [0.1, 0.15) is 0 Å². The summed E-state index contributed by atoms with van der Waals surface area (Å²) < 4.78 is 75.9. The predicted octanol–water partition coefficient (Wildman–Crippen LogP) is 19.5. The van der Waals surface area contributed by atoms with E-state index in [4.69, 9.17) is 28.8 Å². The number of hydrogen-bond acceptors (Lipinski definition) is 5. The Bertz CT molecular complexity index is 2580. The minimum atomic E-state index is -4.57. The molecule has 0 saturated carbocycles. The predicted molar refractivity (Wildman–Crippen MR) is 313 cm³/mol. The van der Waals surface area contributed by atoms with Crippen molar-refractivity contribution >= 4 is 45.5 Å². The molecule has 3 atom stereocenters. The van der Waals surface area contributed by atoms with E-state index in [2.05, 4.69) is 112 Å². The van der Waals surface area contributed by atoms with Crippen molar-refractivity contribution in [2.45, 2.75) is 132 Å². The minimum absolute atomic E-state index is 0.189. The molecule has 6 rings (SSSR count). The summed E-state index contributed by atoms with van der Waals surface area (Å²) >= 11 is 4.98. The molecule has 1 amide bonds. The maximum atomic E-state index is 13.1. The van der Waals surface area contributed by atoms with Gasteiger partial charge in [0.05, 0.1) is 16.7 Å². The molecule has 0 aliphatic heterocycles. The Morgan fingerprint density at radius 3 is 1.14 bits per heavy atom. The molecule has 3 unspecified atom stereocenters. The lowest BCUT2D eigenvalue weighted by Gasteiger charge is -2.19. The summed E-state index contributed by atoms with van der Waals surface area (Å²) in [4.78, 5) is 23.0. The number of nitrogens with one attached hydrogen (secondary N) is 1. The fourth-order valence-electron chi connectivity index (χ4n) is 8.27. The van der Waals surface area contributed by atoms with Crippen molar-refractivity contribution in [3.05, 3.63) is 203 Å². The fraction of sp³-hybridized carbons (Fsp3) is 0.375. The molecule has 77 heavy (non-hydrogen) atoms. The van der Waals surface area contributed by atoms with Crippen LogP contribution < -0.4 is 22.5 Å². The summed E-state index contributed by atoms with van der Waals surface area (Å²) in [5.74, 6) is 3.30. The topological polar surface area (TPSA) is 124 Å². The molecule has 13 heteroatoms. The van der Waals surface area contributed by atoms with Crippen LogP contribution in [0.3, 0.4) is 0 Å². The normalized spacial score (nSPS) is 12.1. The highest BCUT2D eigenvalue weighted by Gasteiger charge is 2.35. The van der Waals surface area contributed by atoms with Gasteiger partial charge in [-0.3, -0.25) is 9.59 Å². The van der Waals surface area contributed by atoms with Crippen molar-refractivity contribution in [3.8, 4) is 0 Å². The number of carbonyl (C=O) groups excluding carboxylic acids is 2. The van der Waals surface area contributed by atoms with Crippen LogP contribution in [0, 0.1) is 23.7 Å². The number of para-hydroxylation sites is 4. The van der Waals surface area contributed by atoms with E-state index in [0.717, 1.165) is 71.4 Å². The third kappa shape index (κ3) is 27.4. The van der Waals surface area contributed by atoms with Gasteiger partial charge in [0.15, 0.2) is 0 Å². The molecule has 0 saturated heterocycles. The van der Waals surface area contributed by atoms with Crippen molar-refractivity contribution in [2.24, 2.45) is 23.7 Å². The minimum Gasteiger partial charge on any atom is -0.399 e. The Kier molecular flexibility index (Phi) is 31.1. The highest BCUT2D eigenvalue weighted by atomic mass is 35.5. The standard InChI is InChI=1S/C20H22F3NO.2C12H19N.C8H4ClF3O.C6H7N.C6H12/c1-13(2)12-14(3)15-8-5-7-11-18(15)24-19(25)16-9-4-6-10-17(16)20(21,22)23;2*1-9(2)8-10(3)11-6-4-5-7-12(11)13;9-7(13)5-3-1-2-4-6(5)8(10,11)12;7-6-4-2-1-3-5-6;1-4-5-6(2)3/h4-11,13-14H,12H2,1-3H3,(H,24,25);2*4-7,9-10H,8,13H2,1-3H3;1-4H;1-5H,7H2;4,6H,1,5H2,2-3H3. The third-order valence-electron chi connectivity index (χ3n) is 11.6. The van der Waals surface area contributed by atoms with Gasteiger partial charge >= 0.3 is 12.4 Å². The van der Waals surface area contributed by atoms with Crippen LogP contribution >= 0.6 is 11.6 Å². The van der Waals surface area contributed by atoms with E-state index in [1.54, 1.807) is 12.1 Å². The monoisotopic (exact) mass is 1090 g/mol. The number of hydrogen-bond donors (Lipinski definition) is 4. The van der Waals surface area contributed by atoms with Crippen LogP contribution in [0.25, 0.3) is 0 Å². The Labute approximate surface area is 460 Å². The summed E-state index contributed by atoms with van der Waals surface area (Å²) in [5.41, 5.74) is 21.1. The van der Waals surface area contributed by atoms with E-state index in [1.165, 1.54) is 54.3 Å². The van der Waals surface area contributed by atoms with Gasteiger partial charge in [-0.05, 0) is 150 Å². The van der Waals surface area contributed by atoms with E-state index >= 15 is 0 Å². The summed E-state index contributed by atoms with van der Waals surface area (Å²) in [6, 6.07) is 42.2. The number of benzene rings is 6. The second-order valence-electron chi connectivity index (χ2n) is 20.6. The third-order valence-corrected chi connectivity index (χ3v) is 11.8. The van der Waals surface area contributed by atoms with Gasteiger partial charge in [-0.1, -0.05) is 179 Å². The first kappa shape index (κ1) is 68.5. The lowest BCUT2D eigenvalue weighted by Crippen LogP contribution is -2.19. The largest absolute Gasteiger partial charge is 0.417 e. The number of nitrogen functional groups attached to an aromatic ring is 3. The number of halogens is 7. The Hall–Kier alpha value is -6.53. The van der Waals surface area contributed by atoms with Gasteiger partial charge in [-0.15, -0.1) is 6.58 Å². The van der Waals surface area contributed by atoms with Gasteiger partial charge in [0.2, 0.25) is 0 Å². The summed E-state index contributed by atoms with van der Waals surface area (Å²) in [6.45, 7) is 27.7. The molecule has 6 aromatic carbocycles.